The molecule has 0 bridgehead atoms. The molecule has 2 N–H and O–H groups in total. The van der Waals surface area contributed by atoms with Crippen LogP contribution in [0.3, 0.4) is 0 Å². The highest BCUT2D eigenvalue weighted by molar-refractivity contribution is 5.25. The van der Waals surface area contributed by atoms with E-state index in [0.717, 1.165) is 26.1 Å². The van der Waals surface area contributed by atoms with Crippen molar-refractivity contribution in [2.75, 3.05) is 20.1 Å². The maximum atomic E-state index is 5.86. The molecule has 0 aliphatic carbocycles. The van der Waals surface area contributed by atoms with Gasteiger partial charge in [0, 0.05) is 13.1 Å². The summed E-state index contributed by atoms with van der Waals surface area (Å²) in [6.45, 7) is 9.46. The van der Waals surface area contributed by atoms with Crippen LogP contribution in [0.1, 0.15) is 31.4 Å². The average Bonchev–Trinajstić information content (AvgIpc) is 2.32. The fourth-order valence-electron chi connectivity index (χ4n) is 2.11. The fraction of sp³-hybridized carbons (Fsp3) is 0.600. The Kier molecular flexibility index (Phi) is 5.16. The molecule has 0 saturated carbocycles. The van der Waals surface area contributed by atoms with Gasteiger partial charge in [-0.3, -0.25) is 0 Å². The molecule has 0 aliphatic heterocycles. The van der Waals surface area contributed by atoms with Gasteiger partial charge >= 0.3 is 0 Å². The number of nitrogens with zero attached hydrogens (tertiary/aromatic N) is 1. The largest absolute Gasteiger partial charge is 0.330 e. The third kappa shape index (κ3) is 4.14. The van der Waals surface area contributed by atoms with Gasteiger partial charge in [-0.15, -0.1) is 0 Å². The molecule has 0 aromatic heterocycles. The zero-order chi connectivity index (χ0) is 12.9. The second kappa shape index (κ2) is 6.18. The van der Waals surface area contributed by atoms with Gasteiger partial charge in [0.15, 0.2) is 0 Å². The molecule has 96 valence electrons. The van der Waals surface area contributed by atoms with Crippen LogP contribution in [0, 0.1) is 12.3 Å². The van der Waals surface area contributed by atoms with Crippen molar-refractivity contribution < 1.29 is 0 Å². The van der Waals surface area contributed by atoms with Crippen LogP contribution < -0.4 is 5.73 Å². The van der Waals surface area contributed by atoms with E-state index in [-0.39, 0.29) is 5.41 Å². The van der Waals surface area contributed by atoms with E-state index in [0.29, 0.717) is 0 Å². The maximum absolute atomic E-state index is 5.86. The second-order valence-corrected chi connectivity index (χ2v) is 5.47. The second-order valence-electron chi connectivity index (χ2n) is 5.47. The fourth-order valence-corrected chi connectivity index (χ4v) is 2.11. The van der Waals surface area contributed by atoms with Crippen molar-refractivity contribution in [3.8, 4) is 0 Å². The van der Waals surface area contributed by atoms with Crippen molar-refractivity contribution in [2.24, 2.45) is 11.1 Å². The molecular formula is C15H26N2. The van der Waals surface area contributed by atoms with E-state index < -0.39 is 0 Å². The SMILES string of the molecule is CCC(C)(CN)CN(C)Cc1ccccc1C. The van der Waals surface area contributed by atoms with E-state index in [4.69, 9.17) is 5.73 Å². The van der Waals surface area contributed by atoms with Gasteiger partial charge in [-0.2, -0.15) is 0 Å². The molecular weight excluding hydrogens is 208 g/mol. The lowest BCUT2D eigenvalue weighted by atomic mass is 9.87. The minimum atomic E-state index is 0.234. The molecule has 1 aromatic carbocycles. The monoisotopic (exact) mass is 234 g/mol. The van der Waals surface area contributed by atoms with Gasteiger partial charge in [0.1, 0.15) is 0 Å². The Balaban J connectivity index is 2.61. The lowest BCUT2D eigenvalue weighted by molar-refractivity contribution is 0.186. The summed E-state index contributed by atoms with van der Waals surface area (Å²) in [6.07, 6.45) is 1.13. The van der Waals surface area contributed by atoms with E-state index in [1.54, 1.807) is 0 Å². The molecule has 0 amide bonds. The molecule has 0 saturated heterocycles. The Bertz CT molecular complexity index is 343. The molecule has 0 radical (unpaired) electrons. The van der Waals surface area contributed by atoms with Crippen LogP contribution in [0.2, 0.25) is 0 Å². The molecule has 0 fully saturated rings. The van der Waals surface area contributed by atoms with Gasteiger partial charge in [-0.05, 0) is 43.5 Å². The number of hydrogen-bond acceptors (Lipinski definition) is 2. The number of benzene rings is 1. The third-order valence-electron chi connectivity index (χ3n) is 3.70. The number of nitrogens with two attached hydrogens (primary N) is 1. The van der Waals surface area contributed by atoms with Crippen LogP contribution >= 0.6 is 0 Å². The number of aryl methyl sites for hydroxylation is 1. The Morgan fingerprint density at radius 2 is 1.94 bits per heavy atom. The molecule has 17 heavy (non-hydrogen) atoms. The summed E-state index contributed by atoms with van der Waals surface area (Å²) < 4.78 is 0. The Morgan fingerprint density at radius 1 is 1.29 bits per heavy atom. The van der Waals surface area contributed by atoms with E-state index in [1.807, 2.05) is 0 Å². The van der Waals surface area contributed by atoms with Crippen molar-refractivity contribution in [3.63, 3.8) is 0 Å². The van der Waals surface area contributed by atoms with Crippen molar-refractivity contribution >= 4 is 0 Å². The summed E-state index contributed by atoms with van der Waals surface area (Å²) in [7, 11) is 2.18. The third-order valence-corrected chi connectivity index (χ3v) is 3.70. The van der Waals surface area contributed by atoms with Crippen molar-refractivity contribution in [1.29, 1.82) is 0 Å². The van der Waals surface area contributed by atoms with E-state index >= 15 is 0 Å². The van der Waals surface area contributed by atoms with Gasteiger partial charge in [-0.1, -0.05) is 38.1 Å². The minimum absolute atomic E-state index is 0.234. The molecule has 0 heterocycles. The summed E-state index contributed by atoms with van der Waals surface area (Å²) >= 11 is 0. The van der Waals surface area contributed by atoms with Crippen LogP contribution in [0.15, 0.2) is 24.3 Å². The predicted octanol–water partition coefficient (Wildman–Crippen LogP) is 2.80. The first kappa shape index (κ1) is 14.2. The molecule has 0 spiro atoms. The van der Waals surface area contributed by atoms with Crippen LogP contribution in [0.5, 0.6) is 0 Å². The molecule has 1 aromatic rings. The predicted molar refractivity (Wildman–Crippen MR) is 75.0 cm³/mol. The lowest BCUT2D eigenvalue weighted by Crippen LogP contribution is -2.38. The normalized spacial score (nSPS) is 14.9. The van der Waals surface area contributed by atoms with E-state index in [2.05, 4.69) is 57.0 Å². The Hall–Kier alpha value is -0.860. The van der Waals surface area contributed by atoms with Gasteiger partial charge in [0.05, 0.1) is 0 Å². The van der Waals surface area contributed by atoms with E-state index in [9.17, 15) is 0 Å². The Labute approximate surface area is 106 Å². The highest BCUT2D eigenvalue weighted by atomic mass is 15.1. The summed E-state index contributed by atoms with van der Waals surface area (Å²) in [4.78, 5) is 2.37. The molecule has 2 nitrogen and oxygen atoms in total. The smallest absolute Gasteiger partial charge is 0.0233 e. The molecule has 2 heteroatoms. The van der Waals surface area contributed by atoms with Crippen LogP contribution in [0.4, 0.5) is 0 Å². The van der Waals surface area contributed by atoms with Crippen molar-refractivity contribution in [1.82, 2.24) is 4.90 Å². The highest BCUT2D eigenvalue weighted by Gasteiger charge is 2.22. The summed E-state index contributed by atoms with van der Waals surface area (Å²) in [6, 6.07) is 8.58. The van der Waals surface area contributed by atoms with Crippen LogP contribution in [0.25, 0.3) is 0 Å². The standard InChI is InChI=1S/C15H26N2/c1-5-15(3,11-16)12-17(4)10-14-9-7-6-8-13(14)2/h6-9H,5,10-12,16H2,1-4H3. The average molecular weight is 234 g/mol. The first-order valence-corrected chi connectivity index (χ1v) is 6.44. The molecule has 1 unspecified atom stereocenters. The maximum Gasteiger partial charge on any atom is 0.0233 e. The molecule has 1 atom stereocenters. The Morgan fingerprint density at radius 3 is 2.47 bits per heavy atom. The molecule has 0 aliphatic rings. The summed E-state index contributed by atoms with van der Waals surface area (Å²) in [5, 5.41) is 0. The van der Waals surface area contributed by atoms with Crippen molar-refractivity contribution in [2.45, 2.75) is 33.7 Å². The van der Waals surface area contributed by atoms with Gasteiger partial charge in [-0.25, -0.2) is 0 Å². The summed E-state index contributed by atoms with van der Waals surface area (Å²) in [5.74, 6) is 0. The highest BCUT2D eigenvalue weighted by Crippen LogP contribution is 2.21. The quantitative estimate of drug-likeness (QED) is 0.820. The summed E-state index contributed by atoms with van der Waals surface area (Å²) in [5.41, 5.74) is 8.87. The first-order chi connectivity index (χ1) is 8.00. The minimum Gasteiger partial charge on any atom is -0.330 e. The molecule has 1 rings (SSSR count). The van der Waals surface area contributed by atoms with Gasteiger partial charge < -0.3 is 10.6 Å². The zero-order valence-electron chi connectivity index (χ0n) is 11.7. The van der Waals surface area contributed by atoms with Gasteiger partial charge in [0.2, 0.25) is 0 Å². The van der Waals surface area contributed by atoms with Crippen LogP contribution in [-0.4, -0.2) is 25.0 Å². The van der Waals surface area contributed by atoms with E-state index in [1.165, 1.54) is 11.1 Å². The zero-order valence-corrected chi connectivity index (χ0v) is 11.7. The number of hydrogen-bond donors (Lipinski definition) is 1. The van der Waals surface area contributed by atoms with Gasteiger partial charge in [0.25, 0.3) is 0 Å². The van der Waals surface area contributed by atoms with Crippen molar-refractivity contribution in [3.05, 3.63) is 35.4 Å². The topological polar surface area (TPSA) is 29.3 Å². The lowest BCUT2D eigenvalue weighted by Gasteiger charge is -2.32. The van der Waals surface area contributed by atoms with Crippen LogP contribution in [-0.2, 0) is 6.54 Å². The number of rotatable bonds is 6. The first-order valence-electron chi connectivity index (χ1n) is 6.44.